The minimum absolute atomic E-state index is 0.0941. The van der Waals surface area contributed by atoms with Gasteiger partial charge in [-0.3, -0.25) is 14.4 Å². The van der Waals surface area contributed by atoms with Crippen LogP contribution in [0.1, 0.15) is 44.2 Å². The second-order valence-corrected chi connectivity index (χ2v) is 6.33. The lowest BCUT2D eigenvalue weighted by atomic mass is 9.83. The number of esters is 1. The molecule has 7 heteroatoms. The van der Waals surface area contributed by atoms with E-state index in [-0.39, 0.29) is 25.5 Å². The van der Waals surface area contributed by atoms with Crippen LogP contribution < -0.4 is 5.48 Å². The van der Waals surface area contributed by atoms with E-state index < -0.39 is 17.8 Å². The van der Waals surface area contributed by atoms with Crippen LogP contribution in [0.2, 0.25) is 0 Å². The molecule has 1 aromatic carbocycles. The third-order valence-corrected chi connectivity index (χ3v) is 4.39. The number of rotatable bonds is 7. The largest absolute Gasteiger partial charge is 0.463 e. The Labute approximate surface area is 159 Å². The van der Waals surface area contributed by atoms with Gasteiger partial charge in [-0.1, -0.05) is 29.8 Å². The fraction of sp³-hybridized carbons (Fsp3) is 0.450. The van der Waals surface area contributed by atoms with Crippen molar-refractivity contribution in [2.75, 3.05) is 19.8 Å². The first-order chi connectivity index (χ1) is 12.9. The molecule has 146 valence electrons. The van der Waals surface area contributed by atoms with Crippen molar-refractivity contribution in [3.05, 3.63) is 46.7 Å². The molecule has 0 fully saturated rings. The van der Waals surface area contributed by atoms with Gasteiger partial charge in [0.25, 0.3) is 5.91 Å². The Bertz CT molecular complexity index is 756. The van der Waals surface area contributed by atoms with E-state index in [4.69, 9.17) is 9.57 Å². The van der Waals surface area contributed by atoms with Crippen molar-refractivity contribution >= 4 is 17.8 Å². The summed E-state index contributed by atoms with van der Waals surface area (Å²) >= 11 is 0. The van der Waals surface area contributed by atoms with Crippen LogP contribution in [0.4, 0.5) is 0 Å². The Balaban J connectivity index is 2.41. The van der Waals surface area contributed by atoms with E-state index >= 15 is 0 Å². The predicted octanol–water partition coefficient (Wildman–Crippen LogP) is 2.22. The van der Waals surface area contributed by atoms with Gasteiger partial charge < -0.3 is 9.64 Å². The lowest BCUT2D eigenvalue weighted by Crippen LogP contribution is -2.44. The zero-order chi connectivity index (χ0) is 20.0. The van der Waals surface area contributed by atoms with Crippen molar-refractivity contribution in [3.63, 3.8) is 0 Å². The second-order valence-electron chi connectivity index (χ2n) is 6.33. The standard InChI is InChI=1S/C20H26N2O5/c1-5-26-20(25)19-14(4)22(12-17(23)21-27-6-2)18(24)11-16(19)15-9-7-8-13(3)10-15/h7-10,16H,5-6,11-12H2,1-4H3,(H,21,23). The van der Waals surface area contributed by atoms with Gasteiger partial charge in [0.05, 0.1) is 18.8 Å². The van der Waals surface area contributed by atoms with Gasteiger partial charge in [-0.2, -0.15) is 0 Å². The number of carbonyl (C=O) groups is 3. The van der Waals surface area contributed by atoms with Crippen LogP contribution in [0.5, 0.6) is 0 Å². The van der Waals surface area contributed by atoms with Gasteiger partial charge in [0.1, 0.15) is 6.54 Å². The highest BCUT2D eigenvalue weighted by molar-refractivity contribution is 5.97. The van der Waals surface area contributed by atoms with Gasteiger partial charge in [0, 0.05) is 18.0 Å². The molecule has 1 unspecified atom stereocenters. The molecule has 0 saturated carbocycles. The highest BCUT2D eigenvalue weighted by Crippen LogP contribution is 2.37. The van der Waals surface area contributed by atoms with Crippen molar-refractivity contribution in [2.45, 2.75) is 40.0 Å². The molecule has 0 aromatic heterocycles. The van der Waals surface area contributed by atoms with E-state index in [0.717, 1.165) is 11.1 Å². The highest BCUT2D eigenvalue weighted by Gasteiger charge is 2.37. The Kier molecular flexibility index (Phi) is 7.12. The van der Waals surface area contributed by atoms with Gasteiger partial charge in [-0.15, -0.1) is 0 Å². The molecular weight excluding hydrogens is 348 g/mol. The topological polar surface area (TPSA) is 84.9 Å². The first-order valence-corrected chi connectivity index (χ1v) is 9.04. The number of allylic oxidation sites excluding steroid dienone is 1. The van der Waals surface area contributed by atoms with E-state index in [1.807, 2.05) is 31.2 Å². The lowest BCUT2D eigenvalue weighted by molar-refractivity contribution is -0.143. The molecule has 1 heterocycles. The molecule has 2 rings (SSSR count). The molecular formula is C20H26N2O5. The van der Waals surface area contributed by atoms with E-state index in [0.29, 0.717) is 17.9 Å². The van der Waals surface area contributed by atoms with Crippen molar-refractivity contribution in [1.29, 1.82) is 0 Å². The van der Waals surface area contributed by atoms with Crippen LogP contribution in [-0.2, 0) is 24.0 Å². The van der Waals surface area contributed by atoms with Crippen molar-refractivity contribution in [3.8, 4) is 0 Å². The van der Waals surface area contributed by atoms with Crippen LogP contribution in [0.3, 0.4) is 0 Å². The van der Waals surface area contributed by atoms with Crippen LogP contribution >= 0.6 is 0 Å². The minimum Gasteiger partial charge on any atom is -0.463 e. The number of nitrogens with one attached hydrogen (secondary N) is 1. The lowest BCUT2D eigenvalue weighted by Gasteiger charge is -2.34. The first-order valence-electron chi connectivity index (χ1n) is 9.04. The zero-order valence-electron chi connectivity index (χ0n) is 16.2. The minimum atomic E-state index is -0.468. The summed E-state index contributed by atoms with van der Waals surface area (Å²) in [7, 11) is 0. The number of ether oxygens (including phenoxy) is 1. The number of benzene rings is 1. The summed E-state index contributed by atoms with van der Waals surface area (Å²) in [6, 6.07) is 7.71. The van der Waals surface area contributed by atoms with Gasteiger partial charge in [0.2, 0.25) is 5.91 Å². The Morgan fingerprint density at radius 3 is 2.59 bits per heavy atom. The van der Waals surface area contributed by atoms with Crippen LogP contribution in [-0.4, -0.2) is 42.4 Å². The third kappa shape index (κ3) is 4.95. The normalized spacial score (nSPS) is 17.1. The molecule has 1 aliphatic rings. The fourth-order valence-corrected chi connectivity index (χ4v) is 3.18. The number of nitrogens with zero attached hydrogens (tertiary/aromatic N) is 1. The smallest absolute Gasteiger partial charge is 0.336 e. The maximum atomic E-state index is 12.7. The van der Waals surface area contributed by atoms with Crippen molar-refractivity contribution in [2.24, 2.45) is 0 Å². The van der Waals surface area contributed by atoms with Gasteiger partial charge in [-0.25, -0.2) is 10.3 Å². The second kappa shape index (κ2) is 9.32. The summed E-state index contributed by atoms with van der Waals surface area (Å²) in [5, 5.41) is 0. The molecule has 2 amide bonds. The molecule has 1 N–H and O–H groups in total. The van der Waals surface area contributed by atoms with E-state index in [1.54, 1.807) is 20.8 Å². The zero-order valence-corrected chi connectivity index (χ0v) is 16.2. The summed E-state index contributed by atoms with van der Waals surface area (Å²) in [6.45, 7) is 7.43. The molecule has 1 aliphatic heterocycles. The first kappa shape index (κ1) is 20.6. The number of hydrogen-bond acceptors (Lipinski definition) is 5. The molecule has 0 bridgehead atoms. The quantitative estimate of drug-likeness (QED) is 0.584. The molecule has 0 saturated heterocycles. The molecule has 27 heavy (non-hydrogen) atoms. The van der Waals surface area contributed by atoms with E-state index in [1.165, 1.54) is 4.90 Å². The summed E-state index contributed by atoms with van der Waals surface area (Å²) in [4.78, 5) is 43.6. The third-order valence-electron chi connectivity index (χ3n) is 4.39. The SMILES string of the molecule is CCONC(=O)CN1C(=O)CC(c2cccc(C)c2)C(C(=O)OCC)=C1C. The molecule has 1 atom stereocenters. The maximum absolute atomic E-state index is 12.7. The highest BCUT2D eigenvalue weighted by atomic mass is 16.6. The summed E-state index contributed by atoms with van der Waals surface area (Å²) < 4.78 is 5.23. The van der Waals surface area contributed by atoms with E-state index in [2.05, 4.69) is 5.48 Å². The number of carbonyl (C=O) groups excluding carboxylic acids is 3. The Morgan fingerprint density at radius 1 is 1.22 bits per heavy atom. The molecule has 1 aromatic rings. The van der Waals surface area contributed by atoms with Gasteiger partial charge in [-0.05, 0) is 33.3 Å². The summed E-state index contributed by atoms with van der Waals surface area (Å²) in [5.74, 6) is -1.55. The molecule has 0 aliphatic carbocycles. The molecule has 0 spiro atoms. The average molecular weight is 374 g/mol. The average Bonchev–Trinajstić information content (AvgIpc) is 2.63. The fourth-order valence-electron chi connectivity index (χ4n) is 3.18. The number of hydrogen-bond donors (Lipinski definition) is 1. The Hall–Kier alpha value is -2.67. The molecule has 0 radical (unpaired) electrons. The van der Waals surface area contributed by atoms with Crippen molar-refractivity contribution in [1.82, 2.24) is 10.4 Å². The summed E-state index contributed by atoms with van der Waals surface area (Å²) in [5.41, 5.74) is 5.03. The Morgan fingerprint density at radius 2 is 1.96 bits per heavy atom. The van der Waals surface area contributed by atoms with E-state index in [9.17, 15) is 14.4 Å². The van der Waals surface area contributed by atoms with Gasteiger partial charge in [0.15, 0.2) is 0 Å². The summed E-state index contributed by atoms with van der Waals surface area (Å²) in [6.07, 6.45) is 0.0941. The van der Waals surface area contributed by atoms with Crippen LogP contribution in [0.25, 0.3) is 0 Å². The molecule has 7 nitrogen and oxygen atoms in total. The monoisotopic (exact) mass is 374 g/mol. The predicted molar refractivity (Wildman–Crippen MR) is 99.4 cm³/mol. The van der Waals surface area contributed by atoms with Crippen LogP contribution in [0, 0.1) is 6.92 Å². The van der Waals surface area contributed by atoms with Gasteiger partial charge >= 0.3 is 5.97 Å². The number of amides is 2. The number of aryl methyl sites for hydroxylation is 1. The maximum Gasteiger partial charge on any atom is 0.336 e. The number of hydroxylamine groups is 1. The van der Waals surface area contributed by atoms with Crippen molar-refractivity contribution < 1.29 is 24.0 Å². The van der Waals surface area contributed by atoms with Crippen LogP contribution in [0.15, 0.2) is 35.5 Å².